The molecule has 1 unspecified atom stereocenters. The lowest BCUT2D eigenvalue weighted by Crippen LogP contribution is -2.02. The normalized spacial score (nSPS) is 12.6. The number of benzene rings is 1. The van der Waals surface area contributed by atoms with Crippen LogP contribution in [0.25, 0.3) is 16.7 Å². The van der Waals surface area contributed by atoms with Gasteiger partial charge in [-0.05, 0) is 43.7 Å². The number of fused-ring (bicyclic) bond motifs is 1. The third kappa shape index (κ3) is 2.36. The summed E-state index contributed by atoms with van der Waals surface area (Å²) < 4.78 is 7.39. The smallest absolute Gasteiger partial charge is 0.132 e. The number of hydrogen-bond donors (Lipinski definition) is 0. The maximum absolute atomic E-state index is 6.30. The molecule has 0 N–H and O–H groups in total. The number of pyridine rings is 1. The fourth-order valence-electron chi connectivity index (χ4n) is 2.49. The summed E-state index contributed by atoms with van der Waals surface area (Å²) >= 11 is 6.30. The van der Waals surface area contributed by atoms with Gasteiger partial charge in [0.15, 0.2) is 0 Å². The van der Waals surface area contributed by atoms with Crippen molar-refractivity contribution >= 4 is 22.6 Å². The van der Waals surface area contributed by atoms with Crippen LogP contribution in [-0.2, 0) is 0 Å². The van der Waals surface area contributed by atoms with Crippen LogP contribution in [0, 0.1) is 6.92 Å². The molecule has 2 heterocycles. The first-order valence-corrected chi connectivity index (χ1v) is 7.17. The summed E-state index contributed by atoms with van der Waals surface area (Å²) in [5.74, 6) is 1.68. The Bertz CT molecular complexity index is 795. The highest BCUT2D eigenvalue weighted by molar-refractivity contribution is 6.20. The Morgan fingerprint density at radius 1 is 1.29 bits per heavy atom. The van der Waals surface area contributed by atoms with Gasteiger partial charge in [0.2, 0.25) is 0 Å². The maximum atomic E-state index is 6.30. The molecule has 0 amide bonds. The van der Waals surface area contributed by atoms with E-state index in [0.717, 1.165) is 33.9 Å². The SMILES string of the molecule is COc1ccc(-n2c(C(C)Cl)nc3cnccc32)cc1C. The number of aromatic nitrogens is 3. The quantitative estimate of drug-likeness (QED) is 0.686. The minimum absolute atomic E-state index is 0.195. The molecule has 0 spiro atoms. The van der Waals surface area contributed by atoms with Crippen LogP contribution in [-0.4, -0.2) is 21.6 Å². The fraction of sp³-hybridized carbons (Fsp3) is 0.250. The van der Waals surface area contributed by atoms with Gasteiger partial charge in [-0.25, -0.2) is 4.98 Å². The van der Waals surface area contributed by atoms with Gasteiger partial charge in [-0.1, -0.05) is 0 Å². The molecule has 0 saturated carbocycles. The number of nitrogens with zero attached hydrogens (tertiary/aromatic N) is 3. The van der Waals surface area contributed by atoms with Crippen molar-refractivity contribution < 1.29 is 4.74 Å². The zero-order chi connectivity index (χ0) is 15.0. The second-order valence-electron chi connectivity index (χ2n) is 4.94. The Morgan fingerprint density at radius 2 is 2.10 bits per heavy atom. The molecule has 0 aliphatic rings. The lowest BCUT2D eigenvalue weighted by Gasteiger charge is -2.13. The second-order valence-corrected chi connectivity index (χ2v) is 5.59. The maximum Gasteiger partial charge on any atom is 0.132 e. The molecule has 3 aromatic rings. The predicted octanol–water partition coefficient (Wildman–Crippen LogP) is 4.04. The number of hydrogen-bond acceptors (Lipinski definition) is 3. The van der Waals surface area contributed by atoms with E-state index in [-0.39, 0.29) is 5.38 Å². The molecule has 2 aromatic heterocycles. The van der Waals surface area contributed by atoms with Crippen molar-refractivity contribution in [1.29, 1.82) is 0 Å². The van der Waals surface area contributed by atoms with Gasteiger partial charge in [0.05, 0.1) is 24.2 Å². The highest BCUT2D eigenvalue weighted by Crippen LogP contribution is 2.29. The summed E-state index contributed by atoms with van der Waals surface area (Å²) in [5, 5.41) is -0.195. The molecule has 0 fully saturated rings. The van der Waals surface area contributed by atoms with E-state index in [1.165, 1.54) is 0 Å². The summed E-state index contributed by atoms with van der Waals surface area (Å²) in [6.07, 6.45) is 3.52. The van der Waals surface area contributed by atoms with Crippen LogP contribution < -0.4 is 4.74 Å². The third-order valence-electron chi connectivity index (χ3n) is 3.48. The Hall–Kier alpha value is -2.07. The molecule has 108 valence electrons. The molecule has 1 atom stereocenters. The highest BCUT2D eigenvalue weighted by Gasteiger charge is 2.16. The highest BCUT2D eigenvalue weighted by atomic mass is 35.5. The van der Waals surface area contributed by atoms with Crippen molar-refractivity contribution in [3.05, 3.63) is 48.0 Å². The third-order valence-corrected chi connectivity index (χ3v) is 3.67. The van der Waals surface area contributed by atoms with Crippen LogP contribution in [0.5, 0.6) is 5.75 Å². The van der Waals surface area contributed by atoms with Crippen LogP contribution in [0.3, 0.4) is 0 Å². The Kier molecular flexibility index (Phi) is 3.55. The van der Waals surface area contributed by atoms with Crippen LogP contribution in [0.15, 0.2) is 36.7 Å². The summed E-state index contributed by atoms with van der Waals surface area (Å²) in [5.41, 5.74) is 3.93. The molecule has 4 nitrogen and oxygen atoms in total. The van der Waals surface area contributed by atoms with Crippen molar-refractivity contribution in [2.75, 3.05) is 7.11 Å². The van der Waals surface area contributed by atoms with Gasteiger partial charge in [-0.15, -0.1) is 11.6 Å². The van der Waals surface area contributed by atoms with E-state index in [2.05, 4.69) is 20.6 Å². The zero-order valence-electron chi connectivity index (χ0n) is 12.2. The van der Waals surface area contributed by atoms with Gasteiger partial charge in [-0.3, -0.25) is 9.55 Å². The van der Waals surface area contributed by atoms with Crippen molar-refractivity contribution in [2.45, 2.75) is 19.2 Å². The minimum Gasteiger partial charge on any atom is -0.496 e. The average molecular weight is 302 g/mol. The zero-order valence-corrected chi connectivity index (χ0v) is 12.9. The molecular formula is C16H16ClN3O. The van der Waals surface area contributed by atoms with E-state index in [4.69, 9.17) is 16.3 Å². The van der Waals surface area contributed by atoms with E-state index < -0.39 is 0 Å². The average Bonchev–Trinajstić information content (AvgIpc) is 2.86. The summed E-state index contributed by atoms with van der Waals surface area (Å²) in [6, 6.07) is 7.99. The number of halogens is 1. The number of rotatable bonds is 3. The van der Waals surface area contributed by atoms with E-state index in [1.807, 2.05) is 32.0 Å². The lowest BCUT2D eigenvalue weighted by molar-refractivity contribution is 0.411. The van der Waals surface area contributed by atoms with Gasteiger partial charge in [0.25, 0.3) is 0 Å². The van der Waals surface area contributed by atoms with Crippen LogP contribution in [0.4, 0.5) is 0 Å². The number of alkyl halides is 1. The number of imidazole rings is 1. The van der Waals surface area contributed by atoms with E-state index >= 15 is 0 Å². The van der Waals surface area contributed by atoms with Crippen molar-refractivity contribution in [3.63, 3.8) is 0 Å². The molecule has 0 bridgehead atoms. The first kappa shape index (κ1) is 13.9. The Labute approximate surface area is 128 Å². The lowest BCUT2D eigenvalue weighted by atomic mass is 10.2. The van der Waals surface area contributed by atoms with Gasteiger partial charge in [-0.2, -0.15) is 0 Å². The largest absolute Gasteiger partial charge is 0.496 e. The molecule has 0 radical (unpaired) electrons. The standard InChI is InChI=1S/C16H16ClN3O/c1-10-8-12(4-5-15(10)21-3)20-14-6-7-18-9-13(14)19-16(20)11(2)17/h4-9,11H,1-3H3. The Morgan fingerprint density at radius 3 is 2.76 bits per heavy atom. The first-order chi connectivity index (χ1) is 10.1. The van der Waals surface area contributed by atoms with Crippen molar-refractivity contribution in [3.8, 4) is 11.4 Å². The Balaban J connectivity index is 2.27. The molecule has 3 rings (SSSR count). The number of methoxy groups -OCH3 is 1. The second kappa shape index (κ2) is 5.37. The van der Waals surface area contributed by atoms with E-state index in [0.29, 0.717) is 0 Å². The molecule has 5 heteroatoms. The van der Waals surface area contributed by atoms with Gasteiger partial charge in [0.1, 0.15) is 17.1 Å². The van der Waals surface area contributed by atoms with Gasteiger partial charge in [0, 0.05) is 11.9 Å². The van der Waals surface area contributed by atoms with Crippen molar-refractivity contribution in [2.24, 2.45) is 0 Å². The molecule has 0 aliphatic heterocycles. The molecule has 1 aromatic carbocycles. The molecule has 0 saturated heterocycles. The minimum atomic E-state index is -0.195. The monoisotopic (exact) mass is 301 g/mol. The first-order valence-electron chi connectivity index (χ1n) is 6.73. The summed E-state index contributed by atoms with van der Waals surface area (Å²) in [7, 11) is 1.67. The van der Waals surface area contributed by atoms with Crippen molar-refractivity contribution in [1.82, 2.24) is 14.5 Å². The predicted molar refractivity (Wildman–Crippen MR) is 84.4 cm³/mol. The van der Waals surface area contributed by atoms with Crippen LogP contribution >= 0.6 is 11.6 Å². The number of aryl methyl sites for hydroxylation is 1. The molecular weight excluding hydrogens is 286 g/mol. The van der Waals surface area contributed by atoms with E-state index in [1.54, 1.807) is 19.5 Å². The summed E-state index contributed by atoms with van der Waals surface area (Å²) in [4.78, 5) is 8.72. The van der Waals surface area contributed by atoms with E-state index in [9.17, 15) is 0 Å². The van der Waals surface area contributed by atoms with Gasteiger partial charge < -0.3 is 4.74 Å². The van der Waals surface area contributed by atoms with Gasteiger partial charge >= 0.3 is 0 Å². The number of ether oxygens (including phenoxy) is 1. The molecule has 21 heavy (non-hydrogen) atoms. The topological polar surface area (TPSA) is 39.9 Å². The molecule has 0 aliphatic carbocycles. The summed E-state index contributed by atoms with van der Waals surface area (Å²) in [6.45, 7) is 3.94. The van der Waals surface area contributed by atoms with Crippen LogP contribution in [0.1, 0.15) is 23.7 Å². The van der Waals surface area contributed by atoms with Crippen LogP contribution in [0.2, 0.25) is 0 Å². The fourth-order valence-corrected chi connectivity index (χ4v) is 2.64.